The Morgan fingerprint density at radius 3 is 2.43 bits per heavy atom. The minimum absolute atomic E-state index is 0.0327. The molecule has 1 aliphatic carbocycles. The van der Waals surface area contributed by atoms with Crippen LogP contribution in [0.2, 0.25) is 0 Å². The highest BCUT2D eigenvalue weighted by Crippen LogP contribution is 2.71. The van der Waals surface area contributed by atoms with Gasteiger partial charge in [0.15, 0.2) is 5.58 Å². The molecule has 0 spiro atoms. The fourth-order valence-electron chi connectivity index (χ4n) is 3.93. The van der Waals surface area contributed by atoms with Crippen LogP contribution in [0.15, 0.2) is 27.4 Å². The molecule has 0 amide bonds. The van der Waals surface area contributed by atoms with Crippen LogP contribution in [0.25, 0.3) is 11.1 Å². The molecule has 0 radical (unpaired) electrons. The number of oxazole rings is 1. The maximum atomic E-state index is 11.8. The third-order valence-corrected chi connectivity index (χ3v) is 5.88. The minimum Gasteiger partial charge on any atom is -0.408 e. The van der Waals surface area contributed by atoms with E-state index in [1.54, 1.807) is 4.57 Å². The minimum atomic E-state index is -0.301. The van der Waals surface area contributed by atoms with Crippen LogP contribution in [0.5, 0.6) is 0 Å². The zero-order valence-electron chi connectivity index (χ0n) is 13.4. The largest absolute Gasteiger partial charge is 0.419 e. The molecule has 1 heterocycles. The normalized spacial score (nSPS) is 21.6. The van der Waals surface area contributed by atoms with E-state index in [-0.39, 0.29) is 22.6 Å². The van der Waals surface area contributed by atoms with Gasteiger partial charge in [-0.25, -0.2) is 4.79 Å². The van der Waals surface area contributed by atoms with Crippen LogP contribution < -0.4 is 11.5 Å². The van der Waals surface area contributed by atoms with E-state index in [1.807, 2.05) is 25.1 Å². The van der Waals surface area contributed by atoms with Crippen LogP contribution in [-0.4, -0.2) is 4.57 Å². The van der Waals surface area contributed by atoms with Crippen LogP contribution in [0.3, 0.4) is 0 Å². The number of rotatable bonds is 3. The molecule has 0 bridgehead atoms. The topological polar surface area (TPSA) is 61.2 Å². The average molecular weight is 288 g/mol. The van der Waals surface area contributed by atoms with Gasteiger partial charge in [-0.2, -0.15) is 0 Å². The van der Waals surface area contributed by atoms with Gasteiger partial charge in [0.2, 0.25) is 0 Å². The molecular weight excluding hydrogens is 264 g/mol. The van der Waals surface area contributed by atoms with E-state index >= 15 is 0 Å². The first-order chi connectivity index (χ1) is 9.71. The molecule has 114 valence electrons. The van der Waals surface area contributed by atoms with E-state index in [1.165, 1.54) is 0 Å². The molecule has 21 heavy (non-hydrogen) atoms. The van der Waals surface area contributed by atoms with E-state index in [0.29, 0.717) is 18.0 Å². The van der Waals surface area contributed by atoms with Crippen molar-refractivity contribution in [1.82, 2.24) is 4.57 Å². The molecule has 3 rings (SSSR count). The first kappa shape index (κ1) is 14.4. The maximum absolute atomic E-state index is 11.8. The van der Waals surface area contributed by atoms with E-state index in [2.05, 4.69) is 27.7 Å². The Kier molecular flexibility index (Phi) is 2.90. The van der Waals surface area contributed by atoms with E-state index in [9.17, 15) is 4.79 Å². The summed E-state index contributed by atoms with van der Waals surface area (Å²) in [7, 11) is 0. The molecule has 1 aromatic carbocycles. The average Bonchev–Trinajstić information content (AvgIpc) is 2.67. The van der Waals surface area contributed by atoms with Crippen molar-refractivity contribution in [3.05, 3.63) is 34.3 Å². The summed E-state index contributed by atoms with van der Waals surface area (Å²) in [6, 6.07) is 5.87. The Bertz CT molecular complexity index is 738. The Morgan fingerprint density at radius 1 is 1.29 bits per heavy atom. The van der Waals surface area contributed by atoms with Gasteiger partial charge in [0.25, 0.3) is 0 Å². The fourth-order valence-corrected chi connectivity index (χ4v) is 3.93. The summed E-state index contributed by atoms with van der Waals surface area (Å²) in [6.07, 6.45) is 0. The van der Waals surface area contributed by atoms with Crippen LogP contribution in [0, 0.1) is 16.7 Å². The molecular formula is C17H24N2O2. The van der Waals surface area contributed by atoms with E-state index < -0.39 is 0 Å². The van der Waals surface area contributed by atoms with Gasteiger partial charge in [0.05, 0.1) is 5.52 Å². The predicted octanol–water partition coefficient (Wildman–Crippen LogP) is 3.30. The lowest BCUT2D eigenvalue weighted by molar-refractivity contribution is 0.457. The molecule has 1 aromatic heterocycles. The second-order valence-corrected chi connectivity index (χ2v) is 7.29. The van der Waals surface area contributed by atoms with Gasteiger partial charge < -0.3 is 10.2 Å². The number of nitrogens with two attached hydrogens (primary N) is 1. The zero-order valence-corrected chi connectivity index (χ0v) is 13.4. The van der Waals surface area contributed by atoms with Crippen molar-refractivity contribution in [1.29, 1.82) is 0 Å². The van der Waals surface area contributed by atoms with Gasteiger partial charge in [0, 0.05) is 12.6 Å². The standard InChI is InChI=1S/C17H24N2O2/c1-6-19-11-8-7-10(9-12(11)21-15(19)20)13(18)14-16(2,3)17(14,4)5/h7-9,13-14H,6,18H2,1-5H3. The molecule has 1 fully saturated rings. The molecule has 1 atom stereocenters. The first-order valence-electron chi connectivity index (χ1n) is 7.60. The van der Waals surface area contributed by atoms with Crippen LogP contribution in [0.4, 0.5) is 0 Å². The lowest BCUT2D eigenvalue weighted by atomic mass is 9.97. The Labute approximate surface area is 124 Å². The zero-order chi connectivity index (χ0) is 15.6. The molecule has 1 saturated carbocycles. The number of hydrogen-bond donors (Lipinski definition) is 1. The first-order valence-corrected chi connectivity index (χ1v) is 7.60. The van der Waals surface area contributed by atoms with Crippen LogP contribution in [0.1, 0.15) is 46.2 Å². The summed E-state index contributed by atoms with van der Waals surface area (Å²) in [6.45, 7) is 11.6. The van der Waals surface area contributed by atoms with Gasteiger partial charge in [-0.15, -0.1) is 0 Å². The Balaban J connectivity index is 2.01. The van der Waals surface area contributed by atoms with Crippen molar-refractivity contribution >= 4 is 11.1 Å². The van der Waals surface area contributed by atoms with Gasteiger partial charge in [-0.05, 0) is 41.4 Å². The van der Waals surface area contributed by atoms with Gasteiger partial charge in [-0.1, -0.05) is 33.8 Å². The van der Waals surface area contributed by atoms with Crippen molar-refractivity contribution in [2.45, 2.75) is 47.2 Å². The fraction of sp³-hybridized carbons (Fsp3) is 0.588. The lowest BCUT2D eigenvalue weighted by Crippen LogP contribution is -2.16. The molecule has 2 N–H and O–H groups in total. The summed E-state index contributed by atoms with van der Waals surface area (Å²) in [5.74, 6) is 0.132. The number of hydrogen-bond acceptors (Lipinski definition) is 3. The van der Waals surface area contributed by atoms with Crippen molar-refractivity contribution in [2.24, 2.45) is 22.5 Å². The number of fused-ring (bicyclic) bond motifs is 1. The Hall–Kier alpha value is -1.55. The molecule has 4 heteroatoms. The quantitative estimate of drug-likeness (QED) is 0.942. The summed E-state index contributed by atoms with van der Waals surface area (Å²) in [4.78, 5) is 11.8. The van der Waals surface area contributed by atoms with Crippen LogP contribution in [-0.2, 0) is 6.54 Å². The molecule has 4 nitrogen and oxygen atoms in total. The highest BCUT2D eigenvalue weighted by Gasteiger charge is 2.66. The number of nitrogens with zero attached hydrogens (tertiary/aromatic N) is 1. The highest BCUT2D eigenvalue weighted by atomic mass is 16.4. The highest BCUT2D eigenvalue weighted by molar-refractivity contribution is 5.74. The van der Waals surface area contributed by atoms with Crippen molar-refractivity contribution < 1.29 is 4.42 Å². The SMILES string of the molecule is CCn1c(=O)oc2cc(C(N)C3C(C)(C)C3(C)C)ccc21. The summed E-state index contributed by atoms with van der Waals surface area (Å²) >= 11 is 0. The summed E-state index contributed by atoms with van der Waals surface area (Å²) in [5.41, 5.74) is 9.48. The van der Waals surface area contributed by atoms with E-state index in [4.69, 9.17) is 10.2 Å². The second kappa shape index (κ2) is 4.23. The molecule has 1 aliphatic rings. The van der Waals surface area contributed by atoms with Gasteiger partial charge in [0.1, 0.15) is 0 Å². The van der Waals surface area contributed by atoms with Gasteiger partial charge >= 0.3 is 5.76 Å². The lowest BCUT2D eigenvalue weighted by Gasteiger charge is -2.14. The number of aryl methyl sites for hydroxylation is 1. The number of aromatic nitrogens is 1. The van der Waals surface area contributed by atoms with Crippen molar-refractivity contribution in [3.63, 3.8) is 0 Å². The third kappa shape index (κ3) is 1.81. The summed E-state index contributed by atoms with van der Waals surface area (Å²) < 4.78 is 6.97. The molecule has 1 unspecified atom stereocenters. The third-order valence-electron chi connectivity index (χ3n) is 5.88. The number of benzene rings is 1. The van der Waals surface area contributed by atoms with Crippen molar-refractivity contribution in [2.75, 3.05) is 0 Å². The van der Waals surface area contributed by atoms with E-state index in [0.717, 1.165) is 11.1 Å². The van der Waals surface area contributed by atoms with Crippen LogP contribution >= 0.6 is 0 Å². The maximum Gasteiger partial charge on any atom is 0.419 e. The monoisotopic (exact) mass is 288 g/mol. The predicted molar refractivity (Wildman–Crippen MR) is 84.1 cm³/mol. The molecule has 2 aromatic rings. The Morgan fingerprint density at radius 2 is 1.90 bits per heavy atom. The van der Waals surface area contributed by atoms with Gasteiger partial charge in [-0.3, -0.25) is 4.57 Å². The smallest absolute Gasteiger partial charge is 0.408 e. The molecule has 0 saturated heterocycles. The summed E-state index contributed by atoms with van der Waals surface area (Å²) in [5, 5.41) is 0. The second-order valence-electron chi connectivity index (χ2n) is 7.29. The van der Waals surface area contributed by atoms with Crippen molar-refractivity contribution in [3.8, 4) is 0 Å². The molecule has 0 aliphatic heterocycles.